The lowest BCUT2D eigenvalue weighted by Crippen LogP contribution is -2.21. The monoisotopic (exact) mass is 812 g/mol. The van der Waals surface area contributed by atoms with E-state index in [4.69, 9.17) is 18.9 Å². The Morgan fingerprint density at radius 2 is 0.983 bits per heavy atom. The van der Waals surface area contributed by atoms with Crippen molar-refractivity contribution >= 4 is 44.7 Å². The Hall–Kier alpha value is -7.88. The molecule has 8 aromatic rings. The zero-order chi connectivity index (χ0) is 42.2. The molecule has 0 radical (unpaired) electrons. The van der Waals surface area contributed by atoms with E-state index in [1.54, 1.807) is 98.1 Å². The zero-order valence-electron chi connectivity index (χ0n) is 32.7. The standard InChI is InChI=1S/2C22H19FN4O3/c2*1-29-16-8-15(10-24-11-16)27-21(13-3-6-20(30-2)26-9-13)22(28)18-12-25-19-5-4-14(23)7-17(18)19/h2*3-12,21,25,27H,1-2H3. The summed E-state index contributed by atoms with van der Waals surface area (Å²) in [7, 11) is 6.12. The maximum atomic E-state index is 13.8. The fraction of sp³-hybridized carbons (Fsp3) is 0.136. The van der Waals surface area contributed by atoms with Crippen LogP contribution in [0.15, 0.2) is 122 Å². The second kappa shape index (κ2) is 18.1. The van der Waals surface area contributed by atoms with E-state index in [1.807, 2.05) is 0 Å². The number of methoxy groups -OCH3 is 4. The number of nitrogens with one attached hydrogen (secondary N) is 4. The Morgan fingerprint density at radius 1 is 0.550 bits per heavy atom. The molecule has 0 aliphatic carbocycles. The number of carbonyl (C=O) groups excluding carboxylic acids is 2. The zero-order valence-corrected chi connectivity index (χ0v) is 32.7. The van der Waals surface area contributed by atoms with Crippen molar-refractivity contribution in [2.24, 2.45) is 0 Å². The molecule has 0 amide bonds. The van der Waals surface area contributed by atoms with Crippen LogP contribution in [0.1, 0.15) is 43.9 Å². The van der Waals surface area contributed by atoms with Crippen LogP contribution in [0.3, 0.4) is 0 Å². The Bertz CT molecular complexity index is 2570. The summed E-state index contributed by atoms with van der Waals surface area (Å²) in [4.78, 5) is 49.8. The van der Waals surface area contributed by atoms with Crippen LogP contribution in [0.5, 0.6) is 23.3 Å². The summed E-state index contributed by atoms with van der Waals surface area (Å²) in [6.45, 7) is 0. The first-order valence-corrected chi connectivity index (χ1v) is 18.3. The topological polar surface area (TPSA) is 178 Å². The maximum Gasteiger partial charge on any atom is 0.212 e. The second-order valence-corrected chi connectivity index (χ2v) is 13.2. The van der Waals surface area contributed by atoms with Gasteiger partial charge in [0.15, 0.2) is 11.6 Å². The van der Waals surface area contributed by atoms with Crippen molar-refractivity contribution in [1.29, 1.82) is 0 Å². The van der Waals surface area contributed by atoms with Gasteiger partial charge in [-0.1, -0.05) is 0 Å². The van der Waals surface area contributed by atoms with Gasteiger partial charge in [0, 0.05) is 93.1 Å². The molecule has 0 spiro atoms. The number of ketones is 2. The molecule has 2 atom stereocenters. The van der Waals surface area contributed by atoms with E-state index in [0.29, 0.717) is 78.7 Å². The summed E-state index contributed by atoms with van der Waals surface area (Å²) >= 11 is 0. The molecule has 0 saturated carbocycles. The van der Waals surface area contributed by atoms with Crippen LogP contribution in [0.4, 0.5) is 20.2 Å². The van der Waals surface area contributed by atoms with Gasteiger partial charge in [-0.3, -0.25) is 19.6 Å². The molecule has 6 aromatic heterocycles. The van der Waals surface area contributed by atoms with Gasteiger partial charge in [0.25, 0.3) is 0 Å². The van der Waals surface area contributed by atoms with Gasteiger partial charge in [-0.15, -0.1) is 0 Å². The van der Waals surface area contributed by atoms with Crippen LogP contribution >= 0.6 is 0 Å². The molecular weight excluding hydrogens is 775 g/mol. The average molecular weight is 813 g/mol. The van der Waals surface area contributed by atoms with Crippen molar-refractivity contribution in [1.82, 2.24) is 29.9 Å². The third-order valence-electron chi connectivity index (χ3n) is 9.47. The predicted molar refractivity (Wildman–Crippen MR) is 221 cm³/mol. The fourth-order valence-electron chi connectivity index (χ4n) is 6.42. The number of H-pyrrole nitrogens is 2. The number of hydrogen-bond acceptors (Lipinski definition) is 12. The highest BCUT2D eigenvalue weighted by molar-refractivity contribution is 6.12. The molecule has 0 aliphatic heterocycles. The molecule has 14 nitrogen and oxygen atoms in total. The number of ether oxygens (including phenoxy) is 4. The van der Waals surface area contributed by atoms with Gasteiger partial charge in [0.1, 0.15) is 35.2 Å². The average Bonchev–Trinajstić information content (AvgIpc) is 3.91. The number of nitrogens with zero attached hydrogens (tertiary/aromatic N) is 4. The normalized spacial score (nSPS) is 11.8. The highest BCUT2D eigenvalue weighted by atomic mass is 19.1. The molecule has 0 aliphatic rings. The van der Waals surface area contributed by atoms with Crippen molar-refractivity contribution in [3.63, 3.8) is 0 Å². The van der Waals surface area contributed by atoms with Crippen molar-refractivity contribution in [2.75, 3.05) is 39.1 Å². The summed E-state index contributed by atoms with van der Waals surface area (Å²) in [6, 6.07) is 17.3. The molecule has 8 rings (SSSR count). The molecule has 0 fully saturated rings. The molecule has 2 aromatic carbocycles. The van der Waals surface area contributed by atoms with Gasteiger partial charge < -0.3 is 39.5 Å². The number of fused-ring (bicyclic) bond motifs is 2. The number of hydrogen-bond donors (Lipinski definition) is 4. The number of benzene rings is 2. The first kappa shape index (κ1) is 40.3. The summed E-state index contributed by atoms with van der Waals surface area (Å²) in [5.74, 6) is 0.640. The lowest BCUT2D eigenvalue weighted by molar-refractivity contribution is 0.0963. The molecule has 0 bridgehead atoms. The third kappa shape index (κ3) is 8.97. The van der Waals surface area contributed by atoms with E-state index in [2.05, 4.69) is 40.5 Å². The van der Waals surface area contributed by atoms with Crippen molar-refractivity contribution in [3.05, 3.63) is 156 Å². The van der Waals surface area contributed by atoms with E-state index in [1.165, 1.54) is 52.7 Å². The number of Topliss-reactive ketones (excluding diaryl/α,β-unsaturated/α-hetero) is 2. The summed E-state index contributed by atoms with van der Waals surface area (Å²) in [5, 5.41) is 7.41. The van der Waals surface area contributed by atoms with E-state index in [0.717, 1.165) is 0 Å². The van der Waals surface area contributed by atoms with Gasteiger partial charge in [0.2, 0.25) is 11.8 Å². The van der Waals surface area contributed by atoms with E-state index >= 15 is 0 Å². The van der Waals surface area contributed by atoms with Gasteiger partial charge in [-0.25, -0.2) is 18.7 Å². The minimum atomic E-state index is -0.792. The summed E-state index contributed by atoms with van der Waals surface area (Å²) in [6.07, 6.45) is 12.6. The van der Waals surface area contributed by atoms with Crippen molar-refractivity contribution in [2.45, 2.75) is 12.1 Å². The quantitative estimate of drug-likeness (QED) is 0.0774. The molecule has 60 heavy (non-hydrogen) atoms. The molecule has 2 unspecified atom stereocenters. The SMILES string of the molecule is COc1cncc(NC(C(=O)c2c[nH]c3ccc(F)cc23)c2ccc(OC)nc2)c1.COc1cncc(NC(C(=O)c2c[nH]c3ccc(F)cc23)c2ccc(OC)nc2)c1. The second-order valence-electron chi connectivity index (χ2n) is 13.2. The van der Waals surface area contributed by atoms with Gasteiger partial charge in [-0.2, -0.15) is 0 Å². The van der Waals surface area contributed by atoms with Crippen molar-refractivity contribution < 1.29 is 37.3 Å². The number of rotatable bonds is 14. The van der Waals surface area contributed by atoms with Crippen LogP contribution < -0.4 is 29.6 Å². The van der Waals surface area contributed by atoms with E-state index in [-0.39, 0.29) is 11.6 Å². The van der Waals surface area contributed by atoms with Crippen LogP contribution in [0.2, 0.25) is 0 Å². The molecule has 304 valence electrons. The van der Waals surface area contributed by atoms with Gasteiger partial charge in [-0.05, 0) is 48.5 Å². The van der Waals surface area contributed by atoms with Gasteiger partial charge >= 0.3 is 0 Å². The summed E-state index contributed by atoms with van der Waals surface area (Å²) in [5.41, 5.74) is 4.51. The predicted octanol–water partition coefficient (Wildman–Crippen LogP) is 8.30. The summed E-state index contributed by atoms with van der Waals surface area (Å²) < 4.78 is 48.3. The minimum absolute atomic E-state index is 0.248. The number of aromatic amines is 2. The number of aromatic nitrogens is 6. The lowest BCUT2D eigenvalue weighted by atomic mass is 9.97. The lowest BCUT2D eigenvalue weighted by Gasteiger charge is -2.19. The van der Waals surface area contributed by atoms with E-state index in [9.17, 15) is 18.4 Å². The van der Waals surface area contributed by atoms with E-state index < -0.39 is 23.7 Å². The van der Waals surface area contributed by atoms with Crippen molar-refractivity contribution in [3.8, 4) is 23.3 Å². The highest BCUT2D eigenvalue weighted by Crippen LogP contribution is 2.31. The first-order chi connectivity index (χ1) is 29.2. The van der Waals surface area contributed by atoms with Crippen LogP contribution in [-0.2, 0) is 0 Å². The minimum Gasteiger partial charge on any atom is -0.495 e. The fourth-order valence-corrected chi connectivity index (χ4v) is 6.42. The molecule has 6 heterocycles. The molecule has 16 heteroatoms. The van der Waals surface area contributed by atoms with Crippen LogP contribution in [0, 0.1) is 11.6 Å². The number of halogens is 2. The van der Waals surface area contributed by atoms with Gasteiger partial charge in [0.05, 0.1) is 64.6 Å². The smallest absolute Gasteiger partial charge is 0.212 e. The number of pyridine rings is 4. The Morgan fingerprint density at radius 3 is 1.35 bits per heavy atom. The van der Waals surface area contributed by atoms with Crippen LogP contribution in [0.25, 0.3) is 21.8 Å². The number of carbonyl (C=O) groups is 2. The number of anilines is 2. The first-order valence-electron chi connectivity index (χ1n) is 18.3. The molecular formula is C44H38F2N8O6. The molecule has 4 N–H and O–H groups in total. The largest absolute Gasteiger partial charge is 0.495 e. The highest BCUT2D eigenvalue weighted by Gasteiger charge is 2.27. The Labute approximate surface area is 342 Å². The molecule has 0 saturated heterocycles. The maximum absolute atomic E-state index is 13.8. The third-order valence-corrected chi connectivity index (χ3v) is 9.47. The Kier molecular flexibility index (Phi) is 12.2. The Balaban J connectivity index is 0.000000181. The van der Waals surface area contributed by atoms with Crippen LogP contribution in [-0.4, -0.2) is 69.9 Å².